The number of rotatable bonds is 5. The summed E-state index contributed by atoms with van der Waals surface area (Å²) in [5, 5.41) is 18.9. The molecule has 0 amide bonds. The van der Waals surface area contributed by atoms with Crippen molar-refractivity contribution in [1.82, 2.24) is 0 Å². The summed E-state index contributed by atoms with van der Waals surface area (Å²) < 4.78 is 5.07. The molecule has 3 heteroatoms. The Morgan fingerprint density at radius 1 is 0.905 bits per heavy atom. The van der Waals surface area contributed by atoms with Crippen LogP contribution in [0.5, 0.6) is 5.75 Å². The molecule has 0 aliphatic rings. The van der Waals surface area contributed by atoms with Crippen molar-refractivity contribution in [1.29, 1.82) is 0 Å². The maximum Gasteiger partial charge on any atom is 0.321 e. The van der Waals surface area contributed by atoms with Crippen molar-refractivity contribution in [3.63, 3.8) is 0 Å². The van der Waals surface area contributed by atoms with E-state index in [9.17, 15) is 10.2 Å². The Morgan fingerprint density at radius 2 is 1.43 bits per heavy atom. The second kappa shape index (κ2) is 5.88. The molecule has 0 heterocycles. The van der Waals surface area contributed by atoms with Gasteiger partial charge in [0.25, 0.3) is 0 Å². The zero-order valence-electron chi connectivity index (χ0n) is 12.4. The maximum absolute atomic E-state index is 9.45. The molecule has 2 aromatic rings. The normalized spacial score (nSPS) is 12.2. The van der Waals surface area contributed by atoms with Crippen LogP contribution in [0.3, 0.4) is 0 Å². The van der Waals surface area contributed by atoms with E-state index in [1.165, 1.54) is 5.56 Å². The molecule has 0 unspecified atom stereocenters. The first kappa shape index (κ1) is 15.5. The highest BCUT2D eigenvalue weighted by atomic mass is 16.8. The monoisotopic (exact) mass is 285 g/mol. The van der Waals surface area contributed by atoms with Gasteiger partial charge in [0, 0.05) is 11.8 Å². The predicted molar refractivity (Wildman–Crippen MR) is 82.8 cm³/mol. The fourth-order valence-electron chi connectivity index (χ4n) is 2.20. The quantitative estimate of drug-likeness (QED) is 0.829. The van der Waals surface area contributed by atoms with Crippen LogP contribution in [-0.4, -0.2) is 16.2 Å². The molecular weight excluding hydrogens is 264 g/mol. The summed E-state index contributed by atoms with van der Waals surface area (Å²) in [6.07, 6.45) is -0.149. The van der Waals surface area contributed by atoms with Crippen LogP contribution >= 0.6 is 0 Å². The smallest absolute Gasteiger partial charge is 0.321 e. The van der Waals surface area contributed by atoms with E-state index in [4.69, 9.17) is 4.74 Å². The minimum Gasteiger partial charge on any atom is -0.439 e. The van der Waals surface area contributed by atoms with Crippen LogP contribution in [0.2, 0.25) is 0 Å². The molecule has 2 N–H and O–H groups in total. The summed E-state index contributed by atoms with van der Waals surface area (Å²) in [6, 6.07) is 17.6. The molecule has 0 fully saturated rings. The van der Waals surface area contributed by atoms with E-state index in [0.717, 1.165) is 5.56 Å². The zero-order chi connectivity index (χ0) is 15.5. The minimum absolute atomic E-state index is 0.137. The molecule has 0 saturated heterocycles. The van der Waals surface area contributed by atoms with Crippen molar-refractivity contribution in [2.75, 3.05) is 0 Å². The highest BCUT2D eigenvalue weighted by Crippen LogP contribution is 2.32. The van der Waals surface area contributed by atoms with Crippen molar-refractivity contribution >= 4 is 0 Å². The number of hydrogen-bond acceptors (Lipinski definition) is 3. The van der Waals surface area contributed by atoms with Crippen molar-refractivity contribution in [2.45, 2.75) is 31.7 Å². The molecule has 0 aromatic heterocycles. The SMILES string of the molecule is [CH2]CC(O)(O)Oc1ccc(C(C)(C)c2ccccc2)cc1. The van der Waals surface area contributed by atoms with Crippen molar-refractivity contribution in [3.05, 3.63) is 72.6 Å². The van der Waals surface area contributed by atoms with E-state index in [2.05, 4.69) is 32.9 Å². The Morgan fingerprint density at radius 3 is 1.95 bits per heavy atom. The predicted octanol–water partition coefficient (Wildman–Crippen LogP) is 3.25. The molecule has 0 bridgehead atoms. The Balaban J connectivity index is 2.23. The molecule has 1 radical (unpaired) electrons. The second-order valence-electron chi connectivity index (χ2n) is 5.61. The molecule has 3 nitrogen and oxygen atoms in total. The lowest BCUT2D eigenvalue weighted by molar-refractivity contribution is -0.289. The zero-order valence-corrected chi connectivity index (χ0v) is 12.4. The number of hydrogen-bond donors (Lipinski definition) is 2. The van der Waals surface area contributed by atoms with E-state index < -0.39 is 5.97 Å². The van der Waals surface area contributed by atoms with Crippen LogP contribution in [0, 0.1) is 6.92 Å². The van der Waals surface area contributed by atoms with Crippen molar-refractivity contribution in [2.24, 2.45) is 0 Å². The second-order valence-corrected chi connectivity index (χ2v) is 5.61. The van der Waals surface area contributed by atoms with Gasteiger partial charge in [0.1, 0.15) is 5.75 Å². The van der Waals surface area contributed by atoms with Crippen molar-refractivity contribution < 1.29 is 14.9 Å². The summed E-state index contributed by atoms with van der Waals surface area (Å²) in [4.78, 5) is 0. The highest BCUT2D eigenvalue weighted by molar-refractivity contribution is 5.39. The van der Waals surface area contributed by atoms with Gasteiger partial charge in [-0.05, 0) is 30.2 Å². The third kappa shape index (κ3) is 3.63. The average molecular weight is 285 g/mol. The van der Waals surface area contributed by atoms with Gasteiger partial charge in [0.2, 0.25) is 0 Å². The summed E-state index contributed by atoms with van der Waals surface area (Å²) in [5.74, 6) is -1.83. The molecule has 111 valence electrons. The molecule has 0 aliphatic heterocycles. The van der Waals surface area contributed by atoms with Crippen LogP contribution in [0.1, 0.15) is 31.4 Å². The maximum atomic E-state index is 9.45. The summed E-state index contributed by atoms with van der Waals surface area (Å²) in [5.41, 5.74) is 2.20. The highest BCUT2D eigenvalue weighted by Gasteiger charge is 2.25. The lowest BCUT2D eigenvalue weighted by Gasteiger charge is -2.27. The Labute approximate surface area is 125 Å². The molecule has 2 rings (SSSR count). The van der Waals surface area contributed by atoms with Gasteiger partial charge in [0.05, 0.1) is 0 Å². The van der Waals surface area contributed by atoms with Gasteiger partial charge in [0.15, 0.2) is 0 Å². The van der Waals surface area contributed by atoms with Gasteiger partial charge in [-0.1, -0.05) is 56.3 Å². The molecular formula is C18H21O3. The first-order valence-electron chi connectivity index (χ1n) is 6.94. The largest absolute Gasteiger partial charge is 0.439 e. The fourth-order valence-corrected chi connectivity index (χ4v) is 2.20. The third-order valence-corrected chi connectivity index (χ3v) is 3.68. The van der Waals surface area contributed by atoms with E-state index in [1.54, 1.807) is 12.1 Å². The molecule has 2 aromatic carbocycles. The summed E-state index contributed by atoms with van der Waals surface area (Å²) in [7, 11) is 0. The topological polar surface area (TPSA) is 49.7 Å². The number of ether oxygens (including phenoxy) is 1. The van der Waals surface area contributed by atoms with Gasteiger partial charge in [-0.3, -0.25) is 0 Å². The molecule has 0 spiro atoms. The van der Waals surface area contributed by atoms with Crippen LogP contribution < -0.4 is 4.74 Å². The number of aliphatic hydroxyl groups is 2. The van der Waals surface area contributed by atoms with Gasteiger partial charge in [-0.15, -0.1) is 0 Å². The Kier molecular flexibility index (Phi) is 4.35. The van der Waals surface area contributed by atoms with Crippen molar-refractivity contribution in [3.8, 4) is 5.75 Å². The number of benzene rings is 2. The van der Waals surface area contributed by atoms with E-state index in [1.807, 2.05) is 30.3 Å². The lowest BCUT2D eigenvalue weighted by atomic mass is 9.78. The summed E-state index contributed by atoms with van der Waals surface area (Å²) >= 11 is 0. The van der Waals surface area contributed by atoms with Gasteiger partial charge in [-0.2, -0.15) is 0 Å². The van der Waals surface area contributed by atoms with E-state index >= 15 is 0 Å². The molecule has 21 heavy (non-hydrogen) atoms. The Bertz CT molecular complexity index is 571. The van der Waals surface area contributed by atoms with Gasteiger partial charge < -0.3 is 14.9 Å². The average Bonchev–Trinajstić information content (AvgIpc) is 2.48. The first-order chi connectivity index (χ1) is 9.85. The van der Waals surface area contributed by atoms with Crippen LogP contribution in [-0.2, 0) is 5.41 Å². The van der Waals surface area contributed by atoms with Crippen LogP contribution in [0.4, 0.5) is 0 Å². The Hall–Kier alpha value is -1.84. The van der Waals surface area contributed by atoms with Crippen LogP contribution in [0.15, 0.2) is 54.6 Å². The summed E-state index contributed by atoms with van der Waals surface area (Å²) in [6.45, 7) is 7.72. The minimum atomic E-state index is -2.23. The van der Waals surface area contributed by atoms with Crippen LogP contribution in [0.25, 0.3) is 0 Å². The van der Waals surface area contributed by atoms with Gasteiger partial charge in [-0.25, -0.2) is 0 Å². The fraction of sp³-hybridized carbons (Fsp3) is 0.278. The van der Waals surface area contributed by atoms with E-state index in [-0.39, 0.29) is 11.8 Å². The standard InChI is InChI=1S/C18H21O3/c1-4-18(19,20)21-16-12-10-15(11-13-16)17(2,3)14-8-6-5-7-9-14/h5-13,19-20H,1,4H2,2-3H3. The molecule has 0 aliphatic carbocycles. The molecule has 0 atom stereocenters. The van der Waals surface area contributed by atoms with Gasteiger partial charge >= 0.3 is 5.97 Å². The third-order valence-electron chi connectivity index (χ3n) is 3.68. The first-order valence-corrected chi connectivity index (χ1v) is 6.94. The van der Waals surface area contributed by atoms with E-state index in [0.29, 0.717) is 5.75 Å². The molecule has 0 saturated carbocycles. The lowest BCUT2D eigenvalue weighted by Crippen LogP contribution is -2.34.